The fraction of sp³-hybridized carbons (Fsp3) is 0.571. The molecule has 1 aliphatic rings. The van der Waals surface area contributed by atoms with E-state index in [-0.39, 0.29) is 0 Å². The van der Waals surface area contributed by atoms with Gasteiger partial charge in [-0.3, -0.25) is 0 Å². The Hall–Kier alpha value is -1.22. The van der Waals surface area contributed by atoms with E-state index >= 15 is 0 Å². The molecule has 1 aromatic rings. The average molecular weight is 236 g/mol. The molecule has 0 bridgehead atoms. The van der Waals surface area contributed by atoms with Crippen molar-refractivity contribution in [1.29, 1.82) is 0 Å². The van der Waals surface area contributed by atoms with E-state index in [1.165, 1.54) is 0 Å². The first-order chi connectivity index (χ1) is 8.15. The third-order valence-corrected chi connectivity index (χ3v) is 3.59. The van der Waals surface area contributed by atoms with Gasteiger partial charge in [0.1, 0.15) is 11.5 Å². The summed E-state index contributed by atoms with van der Waals surface area (Å²) in [6.07, 6.45) is 3.00. The molecule has 1 fully saturated rings. The van der Waals surface area contributed by atoms with E-state index in [4.69, 9.17) is 9.47 Å². The van der Waals surface area contributed by atoms with Crippen molar-refractivity contribution in [3.63, 3.8) is 0 Å². The Balaban J connectivity index is 2.27. The van der Waals surface area contributed by atoms with Crippen LogP contribution in [0.4, 0.5) is 0 Å². The van der Waals surface area contributed by atoms with E-state index in [0.29, 0.717) is 11.7 Å². The van der Waals surface area contributed by atoms with Gasteiger partial charge in [-0.2, -0.15) is 0 Å². The molecule has 0 aliphatic heterocycles. The zero-order chi connectivity index (χ0) is 12.5. The molecule has 94 valence electrons. The van der Waals surface area contributed by atoms with Crippen LogP contribution in [0.15, 0.2) is 18.2 Å². The molecule has 2 unspecified atom stereocenters. The van der Waals surface area contributed by atoms with E-state index in [1.807, 2.05) is 18.2 Å². The van der Waals surface area contributed by atoms with Crippen LogP contribution in [0.25, 0.3) is 0 Å². The maximum Gasteiger partial charge on any atom is 0.128 e. The summed E-state index contributed by atoms with van der Waals surface area (Å²) >= 11 is 0. The largest absolute Gasteiger partial charge is 0.497 e. The van der Waals surface area contributed by atoms with E-state index < -0.39 is 5.60 Å². The van der Waals surface area contributed by atoms with Gasteiger partial charge in [0.15, 0.2) is 0 Å². The van der Waals surface area contributed by atoms with Gasteiger partial charge in [-0.1, -0.05) is 13.3 Å². The van der Waals surface area contributed by atoms with Crippen LogP contribution in [0, 0.1) is 5.92 Å². The van der Waals surface area contributed by atoms with Crippen molar-refractivity contribution in [1.82, 2.24) is 0 Å². The number of benzene rings is 1. The zero-order valence-corrected chi connectivity index (χ0v) is 10.7. The van der Waals surface area contributed by atoms with Gasteiger partial charge < -0.3 is 14.6 Å². The van der Waals surface area contributed by atoms with Crippen LogP contribution in [0.1, 0.15) is 31.7 Å². The quantitative estimate of drug-likeness (QED) is 0.854. The Bertz CT molecular complexity index is 402. The lowest BCUT2D eigenvalue weighted by atomic mass is 10.0. The van der Waals surface area contributed by atoms with Crippen LogP contribution in [-0.4, -0.2) is 19.3 Å². The highest BCUT2D eigenvalue weighted by Crippen LogP contribution is 2.56. The summed E-state index contributed by atoms with van der Waals surface area (Å²) in [5.41, 5.74) is 0.201. The molecule has 17 heavy (non-hydrogen) atoms. The number of hydrogen-bond acceptors (Lipinski definition) is 3. The third kappa shape index (κ3) is 2.12. The molecule has 1 N–H and O–H groups in total. The Labute approximate surface area is 102 Å². The van der Waals surface area contributed by atoms with Crippen molar-refractivity contribution in [2.24, 2.45) is 5.92 Å². The second-order valence-electron chi connectivity index (χ2n) is 4.68. The fourth-order valence-electron chi connectivity index (χ4n) is 2.49. The van der Waals surface area contributed by atoms with Crippen molar-refractivity contribution in [3.8, 4) is 11.5 Å². The predicted molar refractivity (Wildman–Crippen MR) is 66.5 cm³/mol. The summed E-state index contributed by atoms with van der Waals surface area (Å²) in [5, 5.41) is 10.5. The van der Waals surface area contributed by atoms with Gasteiger partial charge in [-0.05, 0) is 30.9 Å². The SMILES string of the molecule is CCCC1CC1(O)c1ccc(OC)cc1OC. The van der Waals surface area contributed by atoms with Gasteiger partial charge in [0.05, 0.1) is 19.8 Å². The van der Waals surface area contributed by atoms with Gasteiger partial charge in [0.25, 0.3) is 0 Å². The molecular formula is C14H20O3. The van der Waals surface area contributed by atoms with Crippen LogP contribution in [0.3, 0.4) is 0 Å². The van der Waals surface area contributed by atoms with Gasteiger partial charge in [-0.25, -0.2) is 0 Å². The van der Waals surface area contributed by atoms with Gasteiger partial charge in [0, 0.05) is 11.6 Å². The monoisotopic (exact) mass is 236 g/mol. The zero-order valence-electron chi connectivity index (χ0n) is 10.7. The normalized spacial score (nSPS) is 26.7. The third-order valence-electron chi connectivity index (χ3n) is 3.59. The molecule has 3 nitrogen and oxygen atoms in total. The molecule has 0 heterocycles. The molecule has 1 aliphatic carbocycles. The van der Waals surface area contributed by atoms with Crippen molar-refractivity contribution >= 4 is 0 Å². The van der Waals surface area contributed by atoms with Gasteiger partial charge in [-0.15, -0.1) is 0 Å². The molecule has 0 radical (unpaired) electrons. The summed E-state index contributed by atoms with van der Waals surface area (Å²) in [7, 11) is 3.25. The number of aliphatic hydroxyl groups is 1. The Morgan fingerprint density at radius 1 is 1.35 bits per heavy atom. The molecule has 0 spiro atoms. The average Bonchev–Trinajstić information content (AvgIpc) is 3.01. The highest BCUT2D eigenvalue weighted by molar-refractivity contribution is 5.46. The van der Waals surface area contributed by atoms with E-state index in [1.54, 1.807) is 14.2 Å². The molecule has 2 rings (SSSR count). The first-order valence-corrected chi connectivity index (χ1v) is 6.10. The van der Waals surface area contributed by atoms with Crippen molar-refractivity contribution in [2.45, 2.75) is 31.8 Å². The molecule has 2 atom stereocenters. The van der Waals surface area contributed by atoms with E-state index in [0.717, 1.165) is 30.6 Å². The summed E-state index contributed by atoms with van der Waals surface area (Å²) < 4.78 is 10.5. The topological polar surface area (TPSA) is 38.7 Å². The number of hydrogen-bond donors (Lipinski definition) is 1. The second kappa shape index (κ2) is 4.57. The standard InChI is InChI=1S/C14H20O3/c1-4-5-10-9-14(10,15)12-7-6-11(16-2)8-13(12)17-3/h6-8,10,15H,4-5,9H2,1-3H3. The molecule has 0 amide bonds. The Kier molecular flexibility index (Phi) is 3.29. The minimum Gasteiger partial charge on any atom is -0.497 e. The first kappa shape index (κ1) is 12.2. The Morgan fingerprint density at radius 2 is 2.12 bits per heavy atom. The first-order valence-electron chi connectivity index (χ1n) is 6.10. The van der Waals surface area contributed by atoms with Crippen molar-refractivity contribution in [2.75, 3.05) is 14.2 Å². The van der Waals surface area contributed by atoms with Gasteiger partial charge in [0.2, 0.25) is 0 Å². The second-order valence-corrected chi connectivity index (χ2v) is 4.68. The van der Waals surface area contributed by atoms with Crippen molar-refractivity contribution < 1.29 is 14.6 Å². The summed E-state index contributed by atoms with van der Waals surface area (Å²) in [4.78, 5) is 0. The van der Waals surface area contributed by atoms with Crippen molar-refractivity contribution in [3.05, 3.63) is 23.8 Å². The molecule has 1 saturated carbocycles. The van der Waals surface area contributed by atoms with Crippen LogP contribution < -0.4 is 9.47 Å². The predicted octanol–water partition coefficient (Wildman–Crippen LogP) is 2.71. The molecule has 3 heteroatoms. The van der Waals surface area contributed by atoms with E-state index in [2.05, 4.69) is 6.92 Å². The van der Waals surface area contributed by atoms with Crippen LogP contribution in [0.5, 0.6) is 11.5 Å². The van der Waals surface area contributed by atoms with Crippen LogP contribution in [0.2, 0.25) is 0 Å². The number of rotatable bonds is 5. The summed E-state index contributed by atoms with van der Waals surface area (Å²) in [5.74, 6) is 1.84. The maximum absolute atomic E-state index is 10.5. The smallest absolute Gasteiger partial charge is 0.128 e. The highest BCUT2D eigenvalue weighted by atomic mass is 16.5. The number of methoxy groups -OCH3 is 2. The molecule has 0 saturated heterocycles. The highest BCUT2D eigenvalue weighted by Gasteiger charge is 2.54. The van der Waals surface area contributed by atoms with E-state index in [9.17, 15) is 5.11 Å². The minimum atomic E-state index is -0.687. The Morgan fingerprint density at radius 3 is 2.71 bits per heavy atom. The lowest BCUT2D eigenvalue weighted by molar-refractivity contribution is 0.125. The van der Waals surface area contributed by atoms with Crippen LogP contribution >= 0.6 is 0 Å². The number of ether oxygens (including phenoxy) is 2. The molecule has 1 aromatic carbocycles. The summed E-state index contributed by atoms with van der Waals surface area (Å²) in [6, 6.07) is 5.61. The molecule has 0 aromatic heterocycles. The fourth-order valence-corrected chi connectivity index (χ4v) is 2.49. The van der Waals surface area contributed by atoms with Gasteiger partial charge >= 0.3 is 0 Å². The summed E-state index contributed by atoms with van der Waals surface area (Å²) in [6.45, 7) is 2.14. The minimum absolute atomic E-state index is 0.370. The maximum atomic E-state index is 10.5. The lowest BCUT2D eigenvalue weighted by Gasteiger charge is -2.16. The van der Waals surface area contributed by atoms with Crippen LogP contribution in [-0.2, 0) is 5.60 Å². The molecular weight excluding hydrogens is 216 g/mol. The lowest BCUT2D eigenvalue weighted by Crippen LogP contribution is -2.10.